The van der Waals surface area contributed by atoms with Gasteiger partial charge in [0.25, 0.3) is 0 Å². The number of aromatic nitrogens is 2. The molecule has 0 bridgehead atoms. The van der Waals surface area contributed by atoms with Gasteiger partial charge in [-0.2, -0.15) is 0 Å². The number of nitrogens with two attached hydrogens (primary N) is 1. The molecule has 0 radical (unpaired) electrons. The lowest BCUT2D eigenvalue weighted by Gasteiger charge is -2.16. The lowest BCUT2D eigenvalue weighted by Crippen LogP contribution is -2.30. The van der Waals surface area contributed by atoms with Crippen LogP contribution >= 0.6 is 0 Å². The zero-order valence-electron chi connectivity index (χ0n) is 10.2. The number of halogens is 1. The van der Waals surface area contributed by atoms with Crippen molar-refractivity contribution >= 4 is 0 Å². The molecule has 1 aromatic carbocycles. The topological polar surface area (TPSA) is 65.1 Å². The van der Waals surface area contributed by atoms with Gasteiger partial charge in [0.05, 0.1) is 7.11 Å². The Morgan fingerprint density at radius 2 is 2.28 bits per heavy atom. The van der Waals surface area contributed by atoms with Crippen LogP contribution in [0.3, 0.4) is 0 Å². The summed E-state index contributed by atoms with van der Waals surface area (Å²) in [4.78, 5) is 4.20. The van der Waals surface area contributed by atoms with Gasteiger partial charge in [-0.1, -0.05) is 6.07 Å². The van der Waals surface area contributed by atoms with Crippen molar-refractivity contribution < 1.29 is 9.13 Å². The van der Waals surface area contributed by atoms with Crippen LogP contribution in [-0.4, -0.2) is 16.7 Å². The highest BCUT2D eigenvalue weighted by atomic mass is 19.1. The molecule has 6 heteroatoms. The number of aryl methyl sites for hydroxylation is 1. The molecular weight excluding hydrogens is 235 g/mol. The summed E-state index contributed by atoms with van der Waals surface area (Å²) in [5.74, 6) is 6.02. The zero-order chi connectivity index (χ0) is 13.1. The van der Waals surface area contributed by atoms with Crippen LogP contribution in [0.1, 0.15) is 17.4 Å². The fraction of sp³-hybridized carbons (Fsp3) is 0.250. The van der Waals surface area contributed by atoms with Crippen molar-refractivity contribution in [1.29, 1.82) is 0 Å². The predicted octanol–water partition coefficient (Wildman–Crippen LogP) is 1.12. The van der Waals surface area contributed by atoms with Crippen molar-refractivity contribution in [2.75, 3.05) is 7.11 Å². The van der Waals surface area contributed by atoms with Gasteiger partial charge in [0, 0.05) is 19.4 Å². The molecule has 1 heterocycles. The average Bonchev–Trinajstić information content (AvgIpc) is 2.77. The molecule has 0 spiro atoms. The van der Waals surface area contributed by atoms with Gasteiger partial charge in [0.15, 0.2) is 11.6 Å². The van der Waals surface area contributed by atoms with Crippen molar-refractivity contribution in [3.05, 3.63) is 47.8 Å². The lowest BCUT2D eigenvalue weighted by atomic mass is 10.1. The zero-order valence-corrected chi connectivity index (χ0v) is 10.2. The third-order valence-corrected chi connectivity index (χ3v) is 2.79. The summed E-state index contributed by atoms with van der Waals surface area (Å²) >= 11 is 0. The summed E-state index contributed by atoms with van der Waals surface area (Å²) in [5.41, 5.74) is 3.32. The number of ether oxygens (including phenoxy) is 1. The van der Waals surface area contributed by atoms with E-state index >= 15 is 0 Å². The molecule has 1 unspecified atom stereocenters. The number of rotatable bonds is 4. The minimum absolute atomic E-state index is 0.203. The lowest BCUT2D eigenvalue weighted by molar-refractivity contribution is 0.385. The van der Waals surface area contributed by atoms with Gasteiger partial charge in [-0.3, -0.25) is 5.84 Å². The number of nitrogens with one attached hydrogen (secondary N) is 1. The summed E-state index contributed by atoms with van der Waals surface area (Å²) < 4.78 is 20.4. The molecule has 0 aliphatic carbocycles. The van der Waals surface area contributed by atoms with Gasteiger partial charge < -0.3 is 9.30 Å². The number of methoxy groups -OCH3 is 1. The molecule has 2 aromatic rings. The van der Waals surface area contributed by atoms with E-state index in [9.17, 15) is 4.39 Å². The quantitative estimate of drug-likeness (QED) is 0.630. The number of hydrazine groups is 1. The fourth-order valence-corrected chi connectivity index (χ4v) is 1.84. The maximum Gasteiger partial charge on any atom is 0.165 e. The van der Waals surface area contributed by atoms with Crippen LogP contribution in [0.15, 0.2) is 30.6 Å². The maximum absolute atomic E-state index is 13.7. The Morgan fingerprint density at radius 3 is 2.78 bits per heavy atom. The second-order valence-electron chi connectivity index (χ2n) is 3.89. The molecule has 96 valence electrons. The van der Waals surface area contributed by atoms with Crippen LogP contribution in [0.4, 0.5) is 4.39 Å². The van der Waals surface area contributed by atoms with Gasteiger partial charge in [0.2, 0.25) is 0 Å². The van der Waals surface area contributed by atoms with Crippen LogP contribution in [0, 0.1) is 5.82 Å². The maximum atomic E-state index is 13.7. The Balaban J connectivity index is 2.40. The van der Waals surface area contributed by atoms with E-state index in [1.54, 1.807) is 24.5 Å². The van der Waals surface area contributed by atoms with Gasteiger partial charge in [-0.25, -0.2) is 14.8 Å². The Labute approximate surface area is 104 Å². The molecule has 0 amide bonds. The molecule has 0 aliphatic rings. The third-order valence-electron chi connectivity index (χ3n) is 2.79. The molecule has 0 fully saturated rings. The van der Waals surface area contributed by atoms with Crippen LogP contribution < -0.4 is 16.0 Å². The molecule has 3 N–H and O–H groups in total. The number of imidazole rings is 1. The average molecular weight is 250 g/mol. The number of hydrogen-bond acceptors (Lipinski definition) is 4. The summed E-state index contributed by atoms with van der Waals surface area (Å²) in [6.45, 7) is 0. The molecule has 0 aliphatic heterocycles. The van der Waals surface area contributed by atoms with Crippen LogP contribution in [-0.2, 0) is 7.05 Å². The highest BCUT2D eigenvalue weighted by Crippen LogP contribution is 2.24. The van der Waals surface area contributed by atoms with E-state index in [1.807, 2.05) is 11.6 Å². The first-order valence-corrected chi connectivity index (χ1v) is 5.44. The Hall–Kier alpha value is -1.92. The summed E-state index contributed by atoms with van der Waals surface area (Å²) in [7, 11) is 3.28. The monoisotopic (exact) mass is 250 g/mol. The van der Waals surface area contributed by atoms with Gasteiger partial charge in [-0.05, 0) is 17.7 Å². The predicted molar refractivity (Wildman–Crippen MR) is 65.3 cm³/mol. The van der Waals surface area contributed by atoms with Gasteiger partial charge in [0.1, 0.15) is 11.9 Å². The van der Waals surface area contributed by atoms with E-state index in [0.29, 0.717) is 11.4 Å². The van der Waals surface area contributed by atoms with E-state index < -0.39 is 5.82 Å². The van der Waals surface area contributed by atoms with E-state index in [-0.39, 0.29) is 11.8 Å². The summed E-state index contributed by atoms with van der Waals surface area (Å²) in [6.07, 6.45) is 3.47. The summed E-state index contributed by atoms with van der Waals surface area (Å²) in [6, 6.07) is 4.34. The van der Waals surface area contributed by atoms with Crippen LogP contribution in [0.25, 0.3) is 0 Å². The van der Waals surface area contributed by atoms with E-state index in [4.69, 9.17) is 10.6 Å². The van der Waals surface area contributed by atoms with Crippen molar-refractivity contribution in [2.24, 2.45) is 12.9 Å². The van der Waals surface area contributed by atoms with Crippen LogP contribution in [0.2, 0.25) is 0 Å². The van der Waals surface area contributed by atoms with E-state index in [0.717, 1.165) is 0 Å². The highest BCUT2D eigenvalue weighted by Gasteiger charge is 2.18. The van der Waals surface area contributed by atoms with Crippen LogP contribution in [0.5, 0.6) is 5.75 Å². The Kier molecular flexibility index (Phi) is 3.59. The first-order chi connectivity index (χ1) is 8.67. The molecule has 0 saturated carbocycles. The van der Waals surface area contributed by atoms with Crippen molar-refractivity contribution in [1.82, 2.24) is 15.0 Å². The second-order valence-corrected chi connectivity index (χ2v) is 3.89. The van der Waals surface area contributed by atoms with Gasteiger partial charge >= 0.3 is 0 Å². The van der Waals surface area contributed by atoms with E-state index in [2.05, 4.69) is 10.4 Å². The third kappa shape index (κ3) is 2.20. The first-order valence-electron chi connectivity index (χ1n) is 5.44. The molecule has 0 saturated heterocycles. The number of hydrogen-bond donors (Lipinski definition) is 2. The minimum atomic E-state index is -0.426. The molecular formula is C12H15FN4O. The SMILES string of the molecule is COc1ccc(C(NN)c2nccn2C)cc1F. The molecule has 18 heavy (non-hydrogen) atoms. The Bertz CT molecular complexity index is 541. The normalized spacial score (nSPS) is 12.4. The highest BCUT2D eigenvalue weighted by molar-refractivity contribution is 5.33. The second kappa shape index (κ2) is 5.16. The smallest absolute Gasteiger partial charge is 0.165 e. The number of benzene rings is 1. The fourth-order valence-electron chi connectivity index (χ4n) is 1.84. The van der Waals surface area contributed by atoms with Gasteiger partial charge in [-0.15, -0.1) is 0 Å². The standard InChI is InChI=1S/C12H15FN4O/c1-17-6-5-15-12(17)11(16-14)8-3-4-10(18-2)9(13)7-8/h3-7,11,16H,14H2,1-2H3. The molecule has 1 aromatic heterocycles. The molecule has 5 nitrogen and oxygen atoms in total. The first kappa shape index (κ1) is 12.5. The number of nitrogens with zero attached hydrogens (tertiary/aromatic N) is 2. The van der Waals surface area contributed by atoms with Crippen molar-refractivity contribution in [3.8, 4) is 5.75 Å². The van der Waals surface area contributed by atoms with E-state index in [1.165, 1.54) is 13.2 Å². The summed E-state index contributed by atoms with van der Waals surface area (Å²) in [5, 5.41) is 0. The Morgan fingerprint density at radius 1 is 1.50 bits per heavy atom. The molecule has 1 atom stereocenters. The molecule has 2 rings (SSSR count). The largest absolute Gasteiger partial charge is 0.494 e. The minimum Gasteiger partial charge on any atom is -0.494 e. The van der Waals surface area contributed by atoms with Crippen molar-refractivity contribution in [3.63, 3.8) is 0 Å². The van der Waals surface area contributed by atoms with Crippen molar-refractivity contribution in [2.45, 2.75) is 6.04 Å².